The van der Waals surface area contributed by atoms with Crippen LogP contribution in [-0.2, 0) is 11.2 Å². The Kier molecular flexibility index (Phi) is 7.51. The normalized spacial score (nSPS) is 22.0. The number of likely N-dealkylation sites (tertiary alicyclic amines) is 1. The summed E-state index contributed by atoms with van der Waals surface area (Å²) in [6.07, 6.45) is 7.34. The van der Waals surface area contributed by atoms with Crippen LogP contribution in [0.15, 0.2) is 41.9 Å². The second-order valence-corrected chi connectivity index (χ2v) is 11.2. The molecule has 1 amide bonds. The number of nitrogens with zero attached hydrogens (tertiary/aromatic N) is 3. The fourth-order valence-corrected chi connectivity index (χ4v) is 5.41. The molecule has 1 saturated heterocycles. The lowest BCUT2D eigenvalue weighted by Gasteiger charge is -2.35. The standard InChI is InChI=1S/C26H37N3O2S/c1-26(2,3)31-25(30)29(23-18-22(23)21-8-5-4-6-9-21)19-20-11-15-28(16-12-20)14-7-10-24-27-13-17-32-24/h4-6,8-9,13,17,20,22-23H,7,10-12,14-16,18-19H2,1-3H3. The maximum Gasteiger partial charge on any atom is 0.410 e. The van der Waals surface area contributed by atoms with Crippen LogP contribution in [0.2, 0.25) is 0 Å². The first-order valence-electron chi connectivity index (χ1n) is 12.0. The van der Waals surface area contributed by atoms with Gasteiger partial charge in [-0.15, -0.1) is 11.3 Å². The highest BCUT2D eigenvalue weighted by Gasteiger charge is 2.46. The maximum absolute atomic E-state index is 13.1. The number of carbonyl (C=O) groups is 1. The van der Waals surface area contributed by atoms with Crippen LogP contribution < -0.4 is 0 Å². The first-order valence-corrected chi connectivity index (χ1v) is 12.9. The number of thiazole rings is 1. The summed E-state index contributed by atoms with van der Waals surface area (Å²) in [4.78, 5) is 22.1. The van der Waals surface area contributed by atoms with E-state index in [1.54, 1.807) is 11.3 Å². The van der Waals surface area contributed by atoms with Gasteiger partial charge in [-0.05, 0) is 77.6 Å². The second kappa shape index (κ2) is 10.3. The van der Waals surface area contributed by atoms with Crippen LogP contribution in [0.3, 0.4) is 0 Å². The largest absolute Gasteiger partial charge is 0.444 e. The van der Waals surface area contributed by atoms with Gasteiger partial charge < -0.3 is 14.5 Å². The van der Waals surface area contributed by atoms with Crippen molar-refractivity contribution in [2.45, 2.75) is 70.4 Å². The van der Waals surface area contributed by atoms with Gasteiger partial charge in [0.2, 0.25) is 0 Å². The molecule has 2 fully saturated rings. The summed E-state index contributed by atoms with van der Waals surface area (Å²) < 4.78 is 5.81. The third-order valence-electron chi connectivity index (χ3n) is 6.52. The van der Waals surface area contributed by atoms with Crippen molar-refractivity contribution < 1.29 is 9.53 Å². The number of carbonyl (C=O) groups excluding carboxylic acids is 1. The van der Waals surface area contributed by atoms with Gasteiger partial charge in [-0.3, -0.25) is 0 Å². The van der Waals surface area contributed by atoms with Crippen LogP contribution in [-0.4, -0.2) is 58.7 Å². The predicted octanol–water partition coefficient (Wildman–Crippen LogP) is 5.58. The average molecular weight is 456 g/mol. The summed E-state index contributed by atoms with van der Waals surface area (Å²) in [5, 5.41) is 3.30. The van der Waals surface area contributed by atoms with Gasteiger partial charge in [0.1, 0.15) is 5.60 Å². The molecule has 1 aromatic carbocycles. The molecule has 2 atom stereocenters. The Morgan fingerprint density at radius 3 is 2.62 bits per heavy atom. The van der Waals surface area contributed by atoms with Gasteiger partial charge in [-0.1, -0.05) is 30.3 Å². The van der Waals surface area contributed by atoms with E-state index >= 15 is 0 Å². The molecule has 4 rings (SSSR count). The molecule has 1 aromatic heterocycles. The molecule has 0 spiro atoms. The molecule has 2 aliphatic rings. The van der Waals surface area contributed by atoms with Gasteiger partial charge in [-0.25, -0.2) is 9.78 Å². The molecular weight excluding hydrogens is 418 g/mol. The lowest BCUT2D eigenvalue weighted by molar-refractivity contribution is 0.0171. The molecule has 0 radical (unpaired) electrons. The molecule has 2 unspecified atom stereocenters. The van der Waals surface area contributed by atoms with Crippen molar-refractivity contribution in [1.82, 2.24) is 14.8 Å². The van der Waals surface area contributed by atoms with E-state index in [9.17, 15) is 4.79 Å². The zero-order chi connectivity index (χ0) is 22.6. The van der Waals surface area contributed by atoms with E-state index in [2.05, 4.69) is 45.6 Å². The molecular formula is C26H37N3O2S. The number of aromatic nitrogens is 1. The summed E-state index contributed by atoms with van der Waals surface area (Å²) in [7, 11) is 0. The molecule has 5 nitrogen and oxygen atoms in total. The third kappa shape index (κ3) is 6.55. The van der Waals surface area contributed by atoms with Crippen LogP contribution in [0.25, 0.3) is 0 Å². The van der Waals surface area contributed by atoms with Crippen molar-refractivity contribution in [2.75, 3.05) is 26.2 Å². The highest BCUT2D eigenvalue weighted by molar-refractivity contribution is 7.09. The Labute approximate surface area is 196 Å². The lowest BCUT2D eigenvalue weighted by atomic mass is 9.96. The summed E-state index contributed by atoms with van der Waals surface area (Å²) >= 11 is 1.75. The van der Waals surface area contributed by atoms with E-state index in [4.69, 9.17) is 4.74 Å². The summed E-state index contributed by atoms with van der Waals surface area (Å²) in [5.41, 5.74) is 0.869. The first-order chi connectivity index (χ1) is 15.4. The Morgan fingerprint density at radius 1 is 1.22 bits per heavy atom. The number of hydrogen-bond acceptors (Lipinski definition) is 5. The maximum atomic E-state index is 13.1. The van der Waals surface area contributed by atoms with Crippen molar-refractivity contribution in [1.29, 1.82) is 0 Å². The minimum absolute atomic E-state index is 0.146. The number of amides is 1. The van der Waals surface area contributed by atoms with E-state index in [-0.39, 0.29) is 12.1 Å². The van der Waals surface area contributed by atoms with E-state index in [0.717, 1.165) is 51.9 Å². The van der Waals surface area contributed by atoms with Crippen LogP contribution >= 0.6 is 11.3 Å². The van der Waals surface area contributed by atoms with Gasteiger partial charge >= 0.3 is 6.09 Å². The van der Waals surface area contributed by atoms with Crippen molar-refractivity contribution >= 4 is 17.4 Å². The summed E-state index contributed by atoms with van der Waals surface area (Å²) in [6, 6.07) is 10.9. The quantitative estimate of drug-likeness (QED) is 0.521. The van der Waals surface area contributed by atoms with Crippen LogP contribution in [0, 0.1) is 5.92 Å². The fourth-order valence-electron chi connectivity index (χ4n) is 4.75. The minimum atomic E-state index is -0.465. The van der Waals surface area contributed by atoms with Crippen molar-refractivity contribution in [3.05, 3.63) is 52.5 Å². The topological polar surface area (TPSA) is 45.7 Å². The highest BCUT2D eigenvalue weighted by atomic mass is 32.1. The number of benzene rings is 1. The van der Waals surface area contributed by atoms with Gasteiger partial charge in [0.05, 0.1) is 5.01 Å². The predicted molar refractivity (Wildman–Crippen MR) is 130 cm³/mol. The molecule has 6 heteroatoms. The van der Waals surface area contributed by atoms with E-state index in [0.29, 0.717) is 11.8 Å². The SMILES string of the molecule is CC(C)(C)OC(=O)N(CC1CCN(CCCc2nccs2)CC1)C1CC1c1ccccc1. The molecule has 1 aliphatic carbocycles. The molecule has 0 bridgehead atoms. The lowest BCUT2D eigenvalue weighted by Crippen LogP contribution is -2.44. The molecule has 2 heterocycles. The van der Waals surface area contributed by atoms with Crippen LogP contribution in [0.5, 0.6) is 0 Å². The van der Waals surface area contributed by atoms with Crippen LogP contribution in [0.4, 0.5) is 4.79 Å². The number of ether oxygens (including phenoxy) is 1. The van der Waals surface area contributed by atoms with Gasteiger partial charge in [-0.2, -0.15) is 0 Å². The zero-order valence-electron chi connectivity index (χ0n) is 19.7. The van der Waals surface area contributed by atoms with Crippen molar-refractivity contribution in [3.63, 3.8) is 0 Å². The minimum Gasteiger partial charge on any atom is -0.444 e. The Balaban J connectivity index is 1.29. The average Bonchev–Trinajstić information content (AvgIpc) is 3.38. The molecule has 0 N–H and O–H groups in total. The first kappa shape index (κ1) is 23.2. The van der Waals surface area contributed by atoms with Gasteiger partial charge in [0.15, 0.2) is 0 Å². The van der Waals surface area contributed by atoms with Gasteiger partial charge in [0.25, 0.3) is 0 Å². The zero-order valence-corrected chi connectivity index (χ0v) is 20.5. The monoisotopic (exact) mass is 455 g/mol. The number of aryl methyl sites for hydroxylation is 1. The Morgan fingerprint density at radius 2 is 1.97 bits per heavy atom. The third-order valence-corrected chi connectivity index (χ3v) is 7.36. The molecule has 32 heavy (non-hydrogen) atoms. The van der Waals surface area contributed by atoms with E-state index in [1.807, 2.05) is 31.9 Å². The Hall–Kier alpha value is -1.92. The van der Waals surface area contributed by atoms with E-state index in [1.165, 1.54) is 17.0 Å². The molecule has 174 valence electrons. The van der Waals surface area contributed by atoms with Crippen LogP contribution in [0.1, 0.15) is 62.9 Å². The number of hydrogen-bond donors (Lipinski definition) is 0. The molecule has 1 aliphatic heterocycles. The fraction of sp³-hybridized carbons (Fsp3) is 0.615. The number of rotatable bonds is 8. The highest BCUT2D eigenvalue weighted by Crippen LogP contribution is 2.45. The molecule has 2 aromatic rings. The van der Waals surface area contributed by atoms with E-state index < -0.39 is 5.60 Å². The molecule has 1 saturated carbocycles. The van der Waals surface area contributed by atoms with Gasteiger partial charge in [0, 0.05) is 36.5 Å². The summed E-state index contributed by atoms with van der Waals surface area (Å²) in [5.74, 6) is 0.990. The van der Waals surface area contributed by atoms with Crippen molar-refractivity contribution in [3.8, 4) is 0 Å². The second-order valence-electron chi connectivity index (χ2n) is 10.3. The smallest absolute Gasteiger partial charge is 0.410 e. The Bertz CT molecular complexity index is 842. The summed E-state index contributed by atoms with van der Waals surface area (Å²) in [6.45, 7) is 10.1. The number of piperidine rings is 1. The van der Waals surface area contributed by atoms with Crippen molar-refractivity contribution in [2.24, 2.45) is 5.92 Å².